The summed E-state index contributed by atoms with van der Waals surface area (Å²) in [6.45, 7) is 0.0844. The van der Waals surface area contributed by atoms with Gasteiger partial charge in [0.05, 0.1) is 32.1 Å². The highest BCUT2D eigenvalue weighted by Gasteiger charge is 2.35. The minimum absolute atomic E-state index is 0.0844. The van der Waals surface area contributed by atoms with Crippen LogP contribution in [0.2, 0.25) is 20.1 Å². The van der Waals surface area contributed by atoms with Crippen LogP contribution in [0.5, 0.6) is 5.75 Å². The molecule has 10 heteroatoms. The summed E-state index contributed by atoms with van der Waals surface area (Å²) in [5.41, 5.74) is 1.53. The molecule has 2 amide bonds. The summed E-state index contributed by atoms with van der Waals surface area (Å²) >= 11 is 24.7. The number of esters is 1. The van der Waals surface area contributed by atoms with E-state index in [0.717, 1.165) is 16.7 Å². The predicted octanol–water partition coefficient (Wildman–Crippen LogP) is 7.76. The van der Waals surface area contributed by atoms with Gasteiger partial charge in [0.2, 0.25) is 0 Å². The standard InChI is InChI=1S/C24H13Cl4NO4S/c25-15-4-7-17(19(27)11-15)23(31)33-16-5-1-13(2-6-16)10-21-22(30)29(24(32)34-21)12-14-3-8-18(26)20(28)9-14/h1-11H,12H2/b21-10-. The average Bonchev–Trinajstić information content (AvgIpc) is 3.04. The molecule has 0 radical (unpaired) electrons. The van der Waals surface area contributed by atoms with E-state index in [0.29, 0.717) is 31.9 Å². The fourth-order valence-corrected chi connectivity index (χ4v) is 4.70. The Balaban J connectivity index is 1.44. The summed E-state index contributed by atoms with van der Waals surface area (Å²) in [7, 11) is 0. The summed E-state index contributed by atoms with van der Waals surface area (Å²) in [6, 6.07) is 15.9. The van der Waals surface area contributed by atoms with E-state index in [-0.39, 0.29) is 27.3 Å². The van der Waals surface area contributed by atoms with Gasteiger partial charge >= 0.3 is 5.97 Å². The third-order valence-corrected chi connectivity index (χ3v) is 6.93. The van der Waals surface area contributed by atoms with Gasteiger partial charge in [0.25, 0.3) is 11.1 Å². The van der Waals surface area contributed by atoms with Crippen molar-refractivity contribution in [2.75, 3.05) is 0 Å². The Labute approximate surface area is 219 Å². The molecule has 0 spiro atoms. The van der Waals surface area contributed by atoms with Gasteiger partial charge in [-0.2, -0.15) is 0 Å². The molecule has 0 aliphatic carbocycles. The molecular formula is C24H13Cl4NO4S. The van der Waals surface area contributed by atoms with E-state index in [1.807, 2.05) is 0 Å². The fourth-order valence-electron chi connectivity index (χ4n) is 3.06. The minimum atomic E-state index is -0.627. The van der Waals surface area contributed by atoms with Gasteiger partial charge in [-0.3, -0.25) is 14.5 Å². The van der Waals surface area contributed by atoms with Crippen molar-refractivity contribution in [1.29, 1.82) is 0 Å². The molecular weight excluding hydrogens is 540 g/mol. The van der Waals surface area contributed by atoms with Crippen molar-refractivity contribution in [2.24, 2.45) is 0 Å². The Hall–Kier alpha value is -2.48. The van der Waals surface area contributed by atoms with Crippen LogP contribution < -0.4 is 4.74 Å². The van der Waals surface area contributed by atoms with Crippen LogP contribution in [-0.4, -0.2) is 22.0 Å². The maximum Gasteiger partial charge on any atom is 0.345 e. The van der Waals surface area contributed by atoms with Gasteiger partial charge in [-0.1, -0.05) is 64.6 Å². The molecule has 1 saturated heterocycles. The van der Waals surface area contributed by atoms with E-state index in [1.54, 1.807) is 54.6 Å². The van der Waals surface area contributed by atoms with E-state index < -0.39 is 11.9 Å². The Morgan fingerprint density at radius 1 is 0.882 bits per heavy atom. The first kappa shape index (κ1) is 24.6. The lowest BCUT2D eigenvalue weighted by Crippen LogP contribution is -2.27. The zero-order chi connectivity index (χ0) is 24.4. The summed E-state index contributed by atoms with van der Waals surface area (Å²) < 4.78 is 5.34. The summed E-state index contributed by atoms with van der Waals surface area (Å²) in [4.78, 5) is 38.9. The molecule has 5 nitrogen and oxygen atoms in total. The first-order valence-electron chi connectivity index (χ1n) is 9.68. The monoisotopic (exact) mass is 551 g/mol. The first-order valence-corrected chi connectivity index (χ1v) is 12.0. The number of halogens is 4. The van der Waals surface area contributed by atoms with Crippen molar-refractivity contribution in [2.45, 2.75) is 6.54 Å². The molecule has 0 N–H and O–H groups in total. The van der Waals surface area contributed by atoms with E-state index in [9.17, 15) is 14.4 Å². The maximum atomic E-state index is 12.8. The number of imide groups is 1. The molecule has 34 heavy (non-hydrogen) atoms. The van der Waals surface area contributed by atoms with Crippen LogP contribution in [0.25, 0.3) is 6.08 Å². The number of ether oxygens (including phenoxy) is 1. The fraction of sp³-hybridized carbons (Fsp3) is 0.0417. The molecule has 0 atom stereocenters. The van der Waals surface area contributed by atoms with Crippen LogP contribution in [0.4, 0.5) is 4.79 Å². The van der Waals surface area contributed by atoms with Gasteiger partial charge in [-0.15, -0.1) is 0 Å². The molecule has 0 aromatic heterocycles. The molecule has 1 heterocycles. The average molecular weight is 553 g/mol. The van der Waals surface area contributed by atoms with Crippen LogP contribution in [0.15, 0.2) is 65.6 Å². The highest BCUT2D eigenvalue weighted by molar-refractivity contribution is 8.18. The quantitative estimate of drug-likeness (QED) is 0.184. The van der Waals surface area contributed by atoms with Gasteiger partial charge in [-0.25, -0.2) is 4.79 Å². The lowest BCUT2D eigenvalue weighted by atomic mass is 10.2. The largest absolute Gasteiger partial charge is 0.423 e. The van der Waals surface area contributed by atoms with Crippen molar-refractivity contribution in [3.05, 3.63) is 102 Å². The first-order chi connectivity index (χ1) is 16.2. The van der Waals surface area contributed by atoms with Crippen LogP contribution in [0.3, 0.4) is 0 Å². The topological polar surface area (TPSA) is 63.7 Å². The number of benzene rings is 3. The van der Waals surface area contributed by atoms with Crippen LogP contribution >= 0.6 is 58.2 Å². The van der Waals surface area contributed by atoms with Crippen molar-refractivity contribution in [3.63, 3.8) is 0 Å². The number of carbonyl (C=O) groups is 3. The molecule has 172 valence electrons. The van der Waals surface area contributed by atoms with Crippen molar-refractivity contribution in [1.82, 2.24) is 4.90 Å². The number of nitrogens with zero attached hydrogens (tertiary/aromatic N) is 1. The lowest BCUT2D eigenvalue weighted by Gasteiger charge is -2.12. The zero-order valence-electron chi connectivity index (χ0n) is 17.1. The van der Waals surface area contributed by atoms with Crippen molar-refractivity contribution in [3.8, 4) is 5.75 Å². The Bertz CT molecular complexity index is 1340. The summed E-state index contributed by atoms with van der Waals surface area (Å²) in [5, 5.41) is 0.955. The van der Waals surface area contributed by atoms with Crippen molar-refractivity contribution >= 4 is 81.4 Å². The van der Waals surface area contributed by atoms with Gasteiger partial charge in [-0.05, 0) is 71.4 Å². The molecule has 0 saturated carbocycles. The normalized spacial score (nSPS) is 14.7. The van der Waals surface area contributed by atoms with Crippen LogP contribution in [0, 0.1) is 0 Å². The van der Waals surface area contributed by atoms with Gasteiger partial charge in [0.15, 0.2) is 0 Å². The molecule has 0 unspecified atom stereocenters. The highest BCUT2D eigenvalue weighted by Crippen LogP contribution is 2.34. The van der Waals surface area contributed by atoms with Crippen molar-refractivity contribution < 1.29 is 19.1 Å². The lowest BCUT2D eigenvalue weighted by molar-refractivity contribution is -0.123. The SMILES string of the molecule is O=C(Oc1ccc(/C=C2\SC(=O)N(Cc3ccc(Cl)c(Cl)c3)C2=O)cc1)c1ccc(Cl)cc1Cl. The van der Waals surface area contributed by atoms with Gasteiger partial charge in [0, 0.05) is 5.02 Å². The maximum absolute atomic E-state index is 12.8. The Morgan fingerprint density at radius 2 is 1.62 bits per heavy atom. The Morgan fingerprint density at radius 3 is 2.29 bits per heavy atom. The summed E-state index contributed by atoms with van der Waals surface area (Å²) in [5.74, 6) is -0.743. The smallest absolute Gasteiger partial charge is 0.345 e. The number of hydrogen-bond acceptors (Lipinski definition) is 5. The van der Waals surface area contributed by atoms with Gasteiger partial charge < -0.3 is 4.74 Å². The third kappa shape index (κ3) is 5.59. The molecule has 1 aliphatic rings. The molecule has 4 rings (SSSR count). The van der Waals surface area contributed by atoms with E-state index in [2.05, 4.69) is 0 Å². The highest BCUT2D eigenvalue weighted by atomic mass is 35.5. The number of thioether (sulfide) groups is 1. The second kappa shape index (κ2) is 10.4. The second-order valence-corrected chi connectivity index (χ2v) is 9.75. The second-order valence-electron chi connectivity index (χ2n) is 7.10. The minimum Gasteiger partial charge on any atom is -0.423 e. The molecule has 1 fully saturated rings. The van der Waals surface area contributed by atoms with Crippen LogP contribution in [0.1, 0.15) is 21.5 Å². The van der Waals surface area contributed by atoms with E-state index in [4.69, 9.17) is 51.1 Å². The molecule has 3 aromatic rings. The number of amides is 2. The number of rotatable bonds is 5. The van der Waals surface area contributed by atoms with Crippen LogP contribution in [-0.2, 0) is 11.3 Å². The third-order valence-electron chi connectivity index (χ3n) is 4.74. The Kier molecular flexibility index (Phi) is 7.55. The summed E-state index contributed by atoms with van der Waals surface area (Å²) in [6.07, 6.45) is 1.60. The zero-order valence-corrected chi connectivity index (χ0v) is 20.9. The number of hydrogen-bond donors (Lipinski definition) is 0. The predicted molar refractivity (Wildman–Crippen MR) is 136 cm³/mol. The number of carbonyl (C=O) groups excluding carboxylic acids is 3. The molecule has 1 aliphatic heterocycles. The van der Waals surface area contributed by atoms with Gasteiger partial charge in [0.1, 0.15) is 5.75 Å². The molecule has 3 aromatic carbocycles. The molecule has 0 bridgehead atoms. The van der Waals surface area contributed by atoms with E-state index in [1.165, 1.54) is 12.1 Å². The van der Waals surface area contributed by atoms with E-state index >= 15 is 0 Å².